The molecule has 2 aromatic carbocycles. The van der Waals surface area contributed by atoms with Gasteiger partial charge in [-0.2, -0.15) is 0 Å². The topological polar surface area (TPSA) is 49.4 Å². The first-order valence-corrected chi connectivity index (χ1v) is 10.0. The molecule has 150 valence electrons. The van der Waals surface area contributed by atoms with Crippen LogP contribution >= 0.6 is 0 Å². The fraction of sp³-hybridized carbons (Fsp3) is 0.417. The Labute approximate surface area is 169 Å². The Morgan fingerprint density at radius 1 is 0.857 bits per heavy atom. The van der Waals surface area contributed by atoms with E-state index in [9.17, 15) is 9.59 Å². The highest BCUT2D eigenvalue weighted by atomic mass is 16.2. The second kappa shape index (κ2) is 10.6. The van der Waals surface area contributed by atoms with E-state index < -0.39 is 6.04 Å². The Morgan fingerprint density at radius 3 is 1.89 bits per heavy atom. The zero-order valence-electron chi connectivity index (χ0n) is 17.4. The Morgan fingerprint density at radius 2 is 1.39 bits per heavy atom. The molecule has 0 saturated carbocycles. The summed E-state index contributed by atoms with van der Waals surface area (Å²) in [6.45, 7) is 8.91. The van der Waals surface area contributed by atoms with E-state index in [1.54, 1.807) is 4.90 Å². The molecule has 0 heterocycles. The molecule has 0 aliphatic heterocycles. The lowest BCUT2D eigenvalue weighted by Crippen LogP contribution is -2.52. The van der Waals surface area contributed by atoms with Crippen molar-refractivity contribution in [2.45, 2.75) is 46.7 Å². The lowest BCUT2D eigenvalue weighted by Gasteiger charge is -2.33. The van der Waals surface area contributed by atoms with Gasteiger partial charge in [-0.3, -0.25) is 9.59 Å². The van der Waals surface area contributed by atoms with Gasteiger partial charge in [-0.25, -0.2) is 0 Å². The molecule has 0 aliphatic carbocycles. The van der Waals surface area contributed by atoms with E-state index in [2.05, 4.69) is 19.2 Å². The minimum absolute atomic E-state index is 0.00974. The minimum atomic E-state index is -0.545. The fourth-order valence-electron chi connectivity index (χ4n) is 3.06. The molecule has 2 aromatic rings. The number of hydrogen-bond donors (Lipinski definition) is 1. The molecule has 0 saturated heterocycles. The van der Waals surface area contributed by atoms with Crippen LogP contribution in [-0.2, 0) is 22.6 Å². The fourth-order valence-corrected chi connectivity index (χ4v) is 3.06. The maximum atomic E-state index is 13.1. The Bertz CT molecular complexity index is 742. The first-order valence-electron chi connectivity index (χ1n) is 10.0. The summed E-state index contributed by atoms with van der Waals surface area (Å²) in [6, 6.07) is 19.2. The minimum Gasteiger partial charge on any atom is -0.354 e. The summed E-state index contributed by atoms with van der Waals surface area (Å²) < 4.78 is 0. The molecule has 2 rings (SSSR count). The number of nitrogens with one attached hydrogen (secondary N) is 1. The summed E-state index contributed by atoms with van der Waals surface area (Å²) in [5.74, 6) is 0.0662. The molecule has 0 aliphatic rings. The number of benzene rings is 2. The normalized spacial score (nSPS) is 12.1. The monoisotopic (exact) mass is 380 g/mol. The first-order chi connectivity index (χ1) is 13.4. The predicted molar refractivity (Wildman–Crippen MR) is 114 cm³/mol. The summed E-state index contributed by atoms with van der Waals surface area (Å²) in [5.41, 5.74) is 2.06. The van der Waals surface area contributed by atoms with E-state index >= 15 is 0 Å². The molecule has 2 amide bonds. The molecule has 0 bridgehead atoms. The third kappa shape index (κ3) is 6.52. The van der Waals surface area contributed by atoms with E-state index in [0.717, 1.165) is 11.1 Å². The van der Waals surface area contributed by atoms with Crippen molar-refractivity contribution in [3.8, 4) is 0 Å². The highest BCUT2D eigenvalue weighted by molar-refractivity contribution is 5.88. The summed E-state index contributed by atoms with van der Waals surface area (Å²) in [4.78, 5) is 27.9. The molecule has 0 radical (unpaired) electrons. The van der Waals surface area contributed by atoms with Crippen LogP contribution in [0.3, 0.4) is 0 Å². The zero-order valence-corrected chi connectivity index (χ0v) is 17.4. The van der Waals surface area contributed by atoms with Crippen molar-refractivity contribution in [1.29, 1.82) is 0 Å². The van der Waals surface area contributed by atoms with Crippen LogP contribution in [0.1, 0.15) is 38.8 Å². The van der Waals surface area contributed by atoms with Crippen molar-refractivity contribution >= 4 is 11.8 Å². The molecular formula is C24H32N2O2. The molecule has 0 aromatic heterocycles. The van der Waals surface area contributed by atoms with E-state index in [0.29, 0.717) is 25.4 Å². The molecule has 1 atom stereocenters. The lowest BCUT2D eigenvalue weighted by atomic mass is 10.0. The Kier molecular flexibility index (Phi) is 8.24. The summed E-state index contributed by atoms with van der Waals surface area (Å²) in [7, 11) is 0. The van der Waals surface area contributed by atoms with Crippen molar-refractivity contribution in [1.82, 2.24) is 10.2 Å². The predicted octanol–water partition coefficient (Wildman–Crippen LogP) is 4.05. The molecular weight excluding hydrogens is 348 g/mol. The lowest BCUT2D eigenvalue weighted by molar-refractivity contribution is -0.143. The van der Waals surface area contributed by atoms with Gasteiger partial charge in [0.15, 0.2) is 0 Å². The quantitative estimate of drug-likeness (QED) is 0.713. The highest BCUT2D eigenvalue weighted by Crippen LogP contribution is 2.17. The van der Waals surface area contributed by atoms with Gasteiger partial charge in [0.1, 0.15) is 6.04 Å². The van der Waals surface area contributed by atoms with E-state index in [-0.39, 0.29) is 17.7 Å². The number of carbonyl (C=O) groups is 2. The van der Waals surface area contributed by atoms with Gasteiger partial charge in [0, 0.05) is 25.4 Å². The van der Waals surface area contributed by atoms with Crippen LogP contribution in [0.15, 0.2) is 60.7 Å². The largest absolute Gasteiger partial charge is 0.354 e. The number of hydrogen-bond acceptors (Lipinski definition) is 2. The Balaban J connectivity index is 2.34. The van der Waals surface area contributed by atoms with Crippen LogP contribution in [0.25, 0.3) is 0 Å². The second-order valence-electron chi connectivity index (χ2n) is 7.95. The van der Waals surface area contributed by atoms with Gasteiger partial charge in [0.2, 0.25) is 11.8 Å². The second-order valence-corrected chi connectivity index (χ2v) is 7.95. The van der Waals surface area contributed by atoms with Crippen molar-refractivity contribution in [2.75, 3.05) is 6.54 Å². The van der Waals surface area contributed by atoms with Crippen molar-refractivity contribution in [3.63, 3.8) is 0 Å². The van der Waals surface area contributed by atoms with E-state index in [1.165, 1.54) is 0 Å². The summed E-state index contributed by atoms with van der Waals surface area (Å²) in [6.07, 6.45) is 0.496. The van der Waals surface area contributed by atoms with Crippen molar-refractivity contribution < 1.29 is 9.59 Å². The van der Waals surface area contributed by atoms with Crippen LogP contribution in [0.2, 0.25) is 0 Å². The number of carbonyl (C=O) groups excluding carboxylic acids is 2. The third-order valence-electron chi connectivity index (χ3n) is 4.61. The van der Waals surface area contributed by atoms with Crippen LogP contribution in [0, 0.1) is 11.8 Å². The maximum absolute atomic E-state index is 13.1. The average molecular weight is 381 g/mol. The standard InChI is InChI=1S/C24H32N2O2/c1-18(2)16-25-23(27)22(15-20-11-7-5-8-12-20)26(24(28)19(3)4)17-21-13-9-6-10-14-21/h5-14,18-19,22H,15-17H2,1-4H3,(H,25,27). The van der Waals surface area contributed by atoms with Crippen LogP contribution in [0.4, 0.5) is 0 Å². The van der Waals surface area contributed by atoms with Gasteiger partial charge < -0.3 is 10.2 Å². The van der Waals surface area contributed by atoms with Crippen LogP contribution in [-0.4, -0.2) is 29.3 Å². The van der Waals surface area contributed by atoms with Gasteiger partial charge in [-0.05, 0) is 17.0 Å². The maximum Gasteiger partial charge on any atom is 0.243 e. The van der Waals surface area contributed by atoms with Gasteiger partial charge >= 0.3 is 0 Å². The first kappa shape index (κ1) is 21.7. The molecule has 4 nitrogen and oxygen atoms in total. The number of nitrogens with zero attached hydrogens (tertiary/aromatic N) is 1. The molecule has 1 N–H and O–H groups in total. The Hall–Kier alpha value is -2.62. The van der Waals surface area contributed by atoms with Gasteiger partial charge in [-0.15, -0.1) is 0 Å². The van der Waals surface area contributed by atoms with Gasteiger partial charge in [0.25, 0.3) is 0 Å². The molecule has 0 spiro atoms. The van der Waals surface area contributed by atoms with Crippen molar-refractivity contribution in [3.05, 3.63) is 71.8 Å². The summed E-state index contributed by atoms with van der Waals surface area (Å²) >= 11 is 0. The smallest absolute Gasteiger partial charge is 0.243 e. The van der Waals surface area contributed by atoms with Crippen LogP contribution < -0.4 is 5.32 Å². The van der Waals surface area contributed by atoms with E-state index in [1.807, 2.05) is 74.5 Å². The van der Waals surface area contributed by atoms with Crippen LogP contribution in [0.5, 0.6) is 0 Å². The molecule has 28 heavy (non-hydrogen) atoms. The summed E-state index contributed by atoms with van der Waals surface area (Å²) in [5, 5.41) is 3.03. The molecule has 4 heteroatoms. The van der Waals surface area contributed by atoms with Gasteiger partial charge in [-0.1, -0.05) is 88.4 Å². The SMILES string of the molecule is CC(C)CNC(=O)C(Cc1ccccc1)N(Cc1ccccc1)C(=O)C(C)C. The zero-order chi connectivity index (χ0) is 20.5. The highest BCUT2D eigenvalue weighted by Gasteiger charge is 2.31. The van der Waals surface area contributed by atoms with Gasteiger partial charge in [0.05, 0.1) is 0 Å². The average Bonchev–Trinajstić information content (AvgIpc) is 2.69. The number of rotatable bonds is 9. The third-order valence-corrected chi connectivity index (χ3v) is 4.61. The van der Waals surface area contributed by atoms with E-state index in [4.69, 9.17) is 0 Å². The molecule has 1 unspecified atom stereocenters. The number of amides is 2. The van der Waals surface area contributed by atoms with Crippen molar-refractivity contribution in [2.24, 2.45) is 11.8 Å². The molecule has 0 fully saturated rings.